The molecule has 1 saturated carbocycles. The minimum Gasteiger partial charge on any atom is -0.384 e. The number of hydrogen-bond donors (Lipinski definition) is 2. The van der Waals surface area contributed by atoms with Gasteiger partial charge in [-0.15, -0.1) is 0 Å². The van der Waals surface area contributed by atoms with Crippen LogP contribution in [0.3, 0.4) is 0 Å². The molecule has 0 amide bonds. The number of nitrogens with two attached hydrogens (primary N) is 1. The van der Waals surface area contributed by atoms with E-state index >= 15 is 0 Å². The van der Waals surface area contributed by atoms with E-state index in [4.69, 9.17) is 11.1 Å². The quantitative estimate of drug-likeness (QED) is 0.634. The van der Waals surface area contributed by atoms with Gasteiger partial charge in [0, 0.05) is 18.2 Å². The maximum atomic E-state index is 13.3. The summed E-state index contributed by atoms with van der Waals surface area (Å²) >= 11 is 0. The van der Waals surface area contributed by atoms with Crippen molar-refractivity contribution in [1.82, 2.24) is 4.90 Å². The first-order chi connectivity index (χ1) is 9.11. The molecule has 1 fully saturated rings. The third-order valence-corrected chi connectivity index (χ3v) is 3.98. The van der Waals surface area contributed by atoms with Gasteiger partial charge >= 0.3 is 0 Å². The Morgan fingerprint density at radius 1 is 1.42 bits per heavy atom. The number of nitrogens with zero attached hydrogens (tertiary/aromatic N) is 1. The summed E-state index contributed by atoms with van der Waals surface area (Å²) in [6.45, 7) is 3.87. The first-order valence-electron chi connectivity index (χ1n) is 6.98. The highest BCUT2D eigenvalue weighted by molar-refractivity contribution is 5.96. The summed E-state index contributed by atoms with van der Waals surface area (Å²) in [7, 11) is 0. The summed E-state index contributed by atoms with van der Waals surface area (Å²) in [5.74, 6) is -0.394. The first kappa shape index (κ1) is 14.0. The lowest BCUT2D eigenvalue weighted by atomic mass is 10.0. The fourth-order valence-electron chi connectivity index (χ4n) is 2.92. The van der Waals surface area contributed by atoms with E-state index in [1.165, 1.54) is 37.8 Å². The van der Waals surface area contributed by atoms with E-state index in [0.717, 1.165) is 18.7 Å². The molecule has 1 aliphatic rings. The fourth-order valence-corrected chi connectivity index (χ4v) is 2.92. The van der Waals surface area contributed by atoms with Gasteiger partial charge in [0.1, 0.15) is 11.7 Å². The molecule has 0 unspecified atom stereocenters. The Bertz CT molecular complexity index is 453. The first-order valence-corrected chi connectivity index (χ1v) is 6.98. The predicted molar refractivity (Wildman–Crippen MR) is 75.8 cm³/mol. The van der Waals surface area contributed by atoms with E-state index < -0.39 is 0 Å². The van der Waals surface area contributed by atoms with Gasteiger partial charge in [-0.1, -0.05) is 25.8 Å². The molecule has 0 spiro atoms. The molecule has 1 aromatic rings. The van der Waals surface area contributed by atoms with E-state index in [0.29, 0.717) is 11.6 Å². The molecule has 2 rings (SSSR count). The summed E-state index contributed by atoms with van der Waals surface area (Å²) in [4.78, 5) is 2.41. The van der Waals surface area contributed by atoms with E-state index in [9.17, 15) is 4.39 Å². The highest BCUT2D eigenvalue weighted by Gasteiger charge is 2.22. The van der Waals surface area contributed by atoms with Crippen LogP contribution in [0.1, 0.15) is 43.7 Å². The zero-order chi connectivity index (χ0) is 13.8. The second kappa shape index (κ2) is 6.15. The van der Waals surface area contributed by atoms with Crippen LogP contribution >= 0.6 is 0 Å². The Morgan fingerprint density at radius 3 is 2.68 bits per heavy atom. The highest BCUT2D eigenvalue weighted by Crippen LogP contribution is 2.25. The Labute approximate surface area is 114 Å². The van der Waals surface area contributed by atoms with Gasteiger partial charge in [-0.3, -0.25) is 10.3 Å². The molecule has 1 aliphatic carbocycles. The van der Waals surface area contributed by atoms with Crippen LogP contribution in [-0.4, -0.2) is 23.3 Å². The molecule has 1 aromatic carbocycles. The predicted octanol–water partition coefficient (Wildman–Crippen LogP) is 2.87. The molecular formula is C15H22FN3. The molecule has 0 aromatic heterocycles. The lowest BCUT2D eigenvalue weighted by molar-refractivity contribution is 0.200. The van der Waals surface area contributed by atoms with E-state index in [1.807, 2.05) is 0 Å². The third-order valence-electron chi connectivity index (χ3n) is 3.98. The molecular weight excluding hydrogens is 241 g/mol. The number of hydrogen-bond acceptors (Lipinski definition) is 2. The molecule has 104 valence electrons. The molecule has 0 atom stereocenters. The molecule has 0 saturated heterocycles. The van der Waals surface area contributed by atoms with Gasteiger partial charge in [0.25, 0.3) is 0 Å². The molecule has 4 heteroatoms. The maximum absolute atomic E-state index is 13.3. The van der Waals surface area contributed by atoms with Crippen molar-refractivity contribution in [1.29, 1.82) is 5.41 Å². The van der Waals surface area contributed by atoms with Crippen LogP contribution < -0.4 is 5.73 Å². The SMILES string of the molecule is CCN(Cc1ccc(F)cc1C(=N)N)C1CCCC1. The molecule has 0 radical (unpaired) electrons. The number of rotatable bonds is 5. The van der Waals surface area contributed by atoms with Gasteiger partial charge in [0.15, 0.2) is 0 Å². The summed E-state index contributed by atoms with van der Waals surface area (Å²) in [5, 5.41) is 7.58. The van der Waals surface area contributed by atoms with Gasteiger partial charge in [-0.2, -0.15) is 0 Å². The molecule has 0 heterocycles. The van der Waals surface area contributed by atoms with Gasteiger partial charge in [-0.05, 0) is 37.1 Å². The third kappa shape index (κ3) is 3.32. The van der Waals surface area contributed by atoms with Crippen LogP contribution in [0.2, 0.25) is 0 Å². The van der Waals surface area contributed by atoms with Gasteiger partial charge in [0.05, 0.1) is 0 Å². The number of halogens is 1. The summed E-state index contributed by atoms with van der Waals surface area (Å²) in [6.07, 6.45) is 5.07. The number of amidine groups is 1. The second-order valence-electron chi connectivity index (χ2n) is 5.22. The zero-order valence-corrected chi connectivity index (χ0v) is 11.5. The number of benzene rings is 1. The molecule has 3 nitrogen and oxygen atoms in total. The molecule has 3 N–H and O–H groups in total. The van der Waals surface area contributed by atoms with Crippen molar-refractivity contribution in [2.45, 2.75) is 45.2 Å². The van der Waals surface area contributed by atoms with Crippen LogP contribution in [-0.2, 0) is 6.54 Å². The smallest absolute Gasteiger partial charge is 0.123 e. The highest BCUT2D eigenvalue weighted by atomic mass is 19.1. The van der Waals surface area contributed by atoms with Crippen molar-refractivity contribution >= 4 is 5.84 Å². The fraction of sp³-hybridized carbons (Fsp3) is 0.533. The van der Waals surface area contributed by atoms with E-state index in [2.05, 4.69) is 11.8 Å². The van der Waals surface area contributed by atoms with Crippen LogP contribution in [0, 0.1) is 11.2 Å². The summed E-state index contributed by atoms with van der Waals surface area (Å²) in [5.41, 5.74) is 7.02. The standard InChI is InChI=1S/C15H22FN3/c1-2-19(13-5-3-4-6-13)10-11-7-8-12(16)9-14(11)15(17)18/h7-9,13H,2-6,10H2,1H3,(H3,17,18). The van der Waals surface area contributed by atoms with Crippen LogP contribution in [0.5, 0.6) is 0 Å². The minimum atomic E-state index is -0.335. The van der Waals surface area contributed by atoms with Gasteiger partial charge in [0.2, 0.25) is 0 Å². The van der Waals surface area contributed by atoms with Crippen molar-refractivity contribution in [3.05, 3.63) is 35.1 Å². The van der Waals surface area contributed by atoms with Crippen LogP contribution in [0.25, 0.3) is 0 Å². The van der Waals surface area contributed by atoms with Crippen molar-refractivity contribution in [2.24, 2.45) is 5.73 Å². The second-order valence-corrected chi connectivity index (χ2v) is 5.22. The lowest BCUT2D eigenvalue weighted by Crippen LogP contribution is -2.33. The van der Waals surface area contributed by atoms with Crippen molar-refractivity contribution in [3.63, 3.8) is 0 Å². The van der Waals surface area contributed by atoms with E-state index in [1.54, 1.807) is 6.07 Å². The van der Waals surface area contributed by atoms with E-state index in [-0.39, 0.29) is 11.7 Å². The summed E-state index contributed by atoms with van der Waals surface area (Å²) in [6, 6.07) is 5.18. The average Bonchev–Trinajstić information content (AvgIpc) is 2.90. The van der Waals surface area contributed by atoms with Crippen LogP contribution in [0.4, 0.5) is 4.39 Å². The Hall–Kier alpha value is -1.42. The van der Waals surface area contributed by atoms with Gasteiger partial charge in [-0.25, -0.2) is 4.39 Å². The monoisotopic (exact) mass is 263 g/mol. The van der Waals surface area contributed by atoms with Crippen molar-refractivity contribution in [2.75, 3.05) is 6.54 Å². The summed E-state index contributed by atoms with van der Waals surface area (Å²) < 4.78 is 13.3. The zero-order valence-electron chi connectivity index (χ0n) is 11.5. The largest absolute Gasteiger partial charge is 0.384 e. The molecule has 0 bridgehead atoms. The topological polar surface area (TPSA) is 53.1 Å². The van der Waals surface area contributed by atoms with Crippen molar-refractivity contribution in [3.8, 4) is 0 Å². The minimum absolute atomic E-state index is 0.0584. The van der Waals surface area contributed by atoms with Gasteiger partial charge < -0.3 is 5.73 Å². The molecule has 19 heavy (non-hydrogen) atoms. The van der Waals surface area contributed by atoms with Crippen LogP contribution in [0.15, 0.2) is 18.2 Å². The Balaban J connectivity index is 2.18. The number of nitrogen functional groups attached to an aromatic ring is 1. The Kier molecular flexibility index (Phi) is 4.53. The molecule has 0 aliphatic heterocycles. The lowest BCUT2D eigenvalue weighted by Gasteiger charge is -2.28. The average molecular weight is 263 g/mol. The normalized spacial score (nSPS) is 16.2. The Morgan fingerprint density at radius 2 is 2.11 bits per heavy atom. The number of nitrogens with one attached hydrogen (secondary N) is 1. The van der Waals surface area contributed by atoms with Crippen molar-refractivity contribution < 1.29 is 4.39 Å². The maximum Gasteiger partial charge on any atom is 0.123 e.